The van der Waals surface area contributed by atoms with E-state index in [9.17, 15) is 9.59 Å². The first-order valence-corrected chi connectivity index (χ1v) is 8.97. The van der Waals surface area contributed by atoms with Gasteiger partial charge in [0.05, 0.1) is 6.20 Å². The number of aromatic nitrogens is 1. The fraction of sp³-hybridized carbons (Fsp3) is 0.227. The molecule has 2 aromatic carbocycles. The topological polar surface area (TPSA) is 84.2 Å². The largest absolute Gasteiger partial charge is 0.444 e. The van der Waals surface area contributed by atoms with Crippen LogP contribution in [0.1, 0.15) is 47.1 Å². The van der Waals surface area contributed by atoms with Gasteiger partial charge in [0.25, 0.3) is 11.8 Å². The number of carbonyl (C=O) groups is 2. The Hall–Kier alpha value is -3.41. The second kappa shape index (κ2) is 7.68. The van der Waals surface area contributed by atoms with E-state index in [1.54, 1.807) is 48.7 Å². The summed E-state index contributed by atoms with van der Waals surface area (Å²) in [4.78, 5) is 29.0. The Morgan fingerprint density at radius 2 is 1.71 bits per heavy atom. The lowest BCUT2D eigenvalue weighted by Crippen LogP contribution is -2.40. The van der Waals surface area contributed by atoms with Crippen LogP contribution in [0, 0.1) is 6.92 Å². The Labute approximate surface area is 164 Å². The van der Waals surface area contributed by atoms with Crippen LogP contribution in [0.4, 0.5) is 5.69 Å². The average molecular weight is 377 g/mol. The van der Waals surface area contributed by atoms with E-state index < -0.39 is 0 Å². The third-order valence-electron chi connectivity index (χ3n) is 4.18. The Kier molecular flexibility index (Phi) is 5.31. The van der Waals surface area contributed by atoms with E-state index in [4.69, 9.17) is 4.42 Å². The summed E-state index contributed by atoms with van der Waals surface area (Å²) >= 11 is 0. The highest BCUT2D eigenvalue weighted by Crippen LogP contribution is 2.22. The molecule has 144 valence electrons. The van der Waals surface area contributed by atoms with Crippen molar-refractivity contribution in [2.75, 3.05) is 5.32 Å². The van der Waals surface area contributed by atoms with Crippen LogP contribution in [-0.4, -0.2) is 22.3 Å². The van der Waals surface area contributed by atoms with Gasteiger partial charge in [0, 0.05) is 27.9 Å². The molecule has 1 heterocycles. The van der Waals surface area contributed by atoms with Crippen LogP contribution in [0.3, 0.4) is 0 Å². The van der Waals surface area contributed by atoms with Gasteiger partial charge in [0.2, 0.25) is 0 Å². The molecule has 0 aliphatic heterocycles. The molecule has 0 spiro atoms. The zero-order chi connectivity index (χ0) is 20.3. The monoisotopic (exact) mass is 377 g/mol. The summed E-state index contributed by atoms with van der Waals surface area (Å²) in [5.41, 5.74) is 2.86. The number of nitrogens with one attached hydrogen (secondary N) is 2. The molecule has 0 radical (unpaired) electrons. The van der Waals surface area contributed by atoms with Crippen molar-refractivity contribution in [3.63, 3.8) is 0 Å². The molecule has 0 unspecified atom stereocenters. The summed E-state index contributed by atoms with van der Waals surface area (Å²) in [6.07, 6.45) is 2.98. The molecule has 0 aliphatic carbocycles. The highest BCUT2D eigenvalue weighted by atomic mass is 16.3. The highest BCUT2D eigenvalue weighted by molar-refractivity contribution is 6.06. The Morgan fingerprint density at radius 1 is 1.00 bits per heavy atom. The molecule has 0 aliphatic rings. The van der Waals surface area contributed by atoms with Gasteiger partial charge in [-0.05, 0) is 57.5 Å². The fourth-order valence-electron chi connectivity index (χ4n) is 2.76. The summed E-state index contributed by atoms with van der Waals surface area (Å²) < 4.78 is 5.25. The van der Waals surface area contributed by atoms with Crippen molar-refractivity contribution in [1.82, 2.24) is 10.3 Å². The van der Waals surface area contributed by atoms with Crippen molar-refractivity contribution in [3.05, 3.63) is 71.7 Å². The number of amides is 2. The quantitative estimate of drug-likeness (QED) is 0.704. The molecule has 0 fully saturated rings. The Balaban J connectivity index is 1.77. The van der Waals surface area contributed by atoms with E-state index in [0.717, 1.165) is 11.1 Å². The van der Waals surface area contributed by atoms with Crippen molar-refractivity contribution < 1.29 is 14.0 Å². The number of nitrogens with zero attached hydrogens (tertiary/aromatic N) is 1. The van der Waals surface area contributed by atoms with Gasteiger partial charge in [-0.3, -0.25) is 9.59 Å². The molecule has 3 rings (SSSR count). The normalized spacial score (nSPS) is 11.1. The molecule has 0 saturated heterocycles. The van der Waals surface area contributed by atoms with E-state index in [1.165, 1.54) is 6.39 Å². The SMILES string of the molecule is Cc1c(NC(=O)c2ccc(-c3cnco3)cc2)cccc1C(=O)NC(C)(C)C. The van der Waals surface area contributed by atoms with Gasteiger partial charge >= 0.3 is 0 Å². The predicted octanol–water partition coefficient (Wildman–Crippen LogP) is 4.43. The number of oxazole rings is 1. The lowest BCUT2D eigenvalue weighted by atomic mass is 10.0. The maximum absolute atomic E-state index is 12.6. The summed E-state index contributed by atoms with van der Waals surface area (Å²) in [7, 11) is 0. The van der Waals surface area contributed by atoms with Crippen molar-refractivity contribution in [1.29, 1.82) is 0 Å². The number of hydrogen-bond donors (Lipinski definition) is 2. The van der Waals surface area contributed by atoms with E-state index in [2.05, 4.69) is 15.6 Å². The Morgan fingerprint density at radius 3 is 2.32 bits per heavy atom. The lowest BCUT2D eigenvalue weighted by molar-refractivity contribution is 0.0918. The van der Waals surface area contributed by atoms with Crippen LogP contribution in [0.15, 0.2) is 59.5 Å². The molecule has 28 heavy (non-hydrogen) atoms. The first-order valence-electron chi connectivity index (χ1n) is 8.97. The van der Waals surface area contributed by atoms with Crippen LogP contribution in [0.2, 0.25) is 0 Å². The fourth-order valence-corrected chi connectivity index (χ4v) is 2.76. The molecular formula is C22H23N3O3. The molecule has 6 nitrogen and oxygen atoms in total. The van der Waals surface area contributed by atoms with E-state index in [0.29, 0.717) is 22.6 Å². The standard InChI is InChI=1S/C22H23N3O3/c1-14-17(21(27)25-22(2,3)4)6-5-7-18(14)24-20(26)16-10-8-15(9-11-16)19-12-23-13-28-19/h5-13H,1-4H3,(H,24,26)(H,25,27). The van der Waals surface area contributed by atoms with Crippen molar-refractivity contribution in [3.8, 4) is 11.3 Å². The lowest BCUT2D eigenvalue weighted by Gasteiger charge is -2.21. The van der Waals surface area contributed by atoms with E-state index >= 15 is 0 Å². The minimum absolute atomic E-state index is 0.169. The molecule has 2 N–H and O–H groups in total. The molecule has 2 amide bonds. The first-order chi connectivity index (χ1) is 13.2. The average Bonchev–Trinajstić information content (AvgIpc) is 3.16. The second-order valence-corrected chi connectivity index (χ2v) is 7.58. The second-order valence-electron chi connectivity index (χ2n) is 7.58. The number of anilines is 1. The summed E-state index contributed by atoms with van der Waals surface area (Å²) in [6, 6.07) is 12.3. The van der Waals surface area contributed by atoms with Gasteiger partial charge in [-0.15, -0.1) is 0 Å². The number of carbonyl (C=O) groups excluding carboxylic acids is 2. The number of hydrogen-bond acceptors (Lipinski definition) is 4. The maximum Gasteiger partial charge on any atom is 0.255 e. The predicted molar refractivity (Wildman–Crippen MR) is 108 cm³/mol. The molecule has 6 heteroatoms. The van der Waals surface area contributed by atoms with E-state index in [-0.39, 0.29) is 17.4 Å². The van der Waals surface area contributed by atoms with Crippen LogP contribution in [0.5, 0.6) is 0 Å². The van der Waals surface area contributed by atoms with Crippen molar-refractivity contribution in [2.24, 2.45) is 0 Å². The molecule has 1 aromatic heterocycles. The van der Waals surface area contributed by atoms with Crippen LogP contribution in [0.25, 0.3) is 11.3 Å². The van der Waals surface area contributed by atoms with Crippen molar-refractivity contribution in [2.45, 2.75) is 33.2 Å². The smallest absolute Gasteiger partial charge is 0.255 e. The molecule has 3 aromatic rings. The summed E-state index contributed by atoms with van der Waals surface area (Å²) in [5, 5.41) is 5.83. The minimum atomic E-state index is -0.339. The third-order valence-corrected chi connectivity index (χ3v) is 4.18. The number of rotatable bonds is 4. The Bertz CT molecular complexity index is 985. The van der Waals surface area contributed by atoms with Gasteiger partial charge in [-0.1, -0.05) is 18.2 Å². The zero-order valence-corrected chi connectivity index (χ0v) is 16.4. The zero-order valence-electron chi connectivity index (χ0n) is 16.4. The van der Waals surface area contributed by atoms with Gasteiger partial charge in [0.1, 0.15) is 0 Å². The van der Waals surface area contributed by atoms with Gasteiger partial charge in [-0.25, -0.2) is 4.98 Å². The van der Waals surface area contributed by atoms with Crippen molar-refractivity contribution >= 4 is 17.5 Å². The summed E-state index contributed by atoms with van der Waals surface area (Å²) in [5.74, 6) is 0.221. The van der Waals surface area contributed by atoms with Gasteiger partial charge in [-0.2, -0.15) is 0 Å². The maximum atomic E-state index is 12.6. The highest BCUT2D eigenvalue weighted by Gasteiger charge is 2.18. The number of benzene rings is 2. The molecular weight excluding hydrogens is 354 g/mol. The molecule has 0 saturated carbocycles. The molecule has 0 atom stereocenters. The molecule has 0 bridgehead atoms. The summed E-state index contributed by atoms with van der Waals surface area (Å²) in [6.45, 7) is 7.59. The van der Waals surface area contributed by atoms with Crippen LogP contribution in [-0.2, 0) is 0 Å². The van der Waals surface area contributed by atoms with Crippen LogP contribution < -0.4 is 10.6 Å². The van der Waals surface area contributed by atoms with Gasteiger partial charge in [0.15, 0.2) is 12.2 Å². The van der Waals surface area contributed by atoms with Gasteiger partial charge < -0.3 is 15.1 Å². The van der Waals surface area contributed by atoms with E-state index in [1.807, 2.05) is 27.7 Å². The third kappa shape index (κ3) is 4.46. The van der Waals surface area contributed by atoms with Crippen LogP contribution >= 0.6 is 0 Å². The first kappa shape index (κ1) is 19.4. The minimum Gasteiger partial charge on any atom is -0.444 e.